The van der Waals surface area contributed by atoms with Gasteiger partial charge in [0.15, 0.2) is 12.4 Å². The molecule has 7 aliphatic rings. The fraction of sp³-hybridized carbons (Fsp3) is 0.905. The maximum absolute atomic E-state index is 14.6. The Labute approximate surface area is 334 Å². The number of ether oxygens (including phenoxy) is 4. The number of aliphatic hydroxyl groups excluding tert-OH is 8. The molecule has 324 valence electrons. The summed E-state index contributed by atoms with van der Waals surface area (Å²) in [6.07, 6.45) is -7.44. The topological polar surface area (TPSA) is 253 Å². The second-order valence-electron chi connectivity index (χ2n) is 20.5. The van der Waals surface area contributed by atoms with Crippen LogP contribution in [0, 0.1) is 50.2 Å². The van der Waals surface area contributed by atoms with Gasteiger partial charge in [0.2, 0.25) is 6.29 Å². The molecule has 19 atom stereocenters. The molecular formula is C42H66O15. The Hall–Kier alpha value is -1.76. The van der Waals surface area contributed by atoms with Crippen molar-refractivity contribution in [2.75, 3.05) is 13.2 Å². The van der Waals surface area contributed by atoms with Crippen LogP contribution < -0.4 is 0 Å². The number of carbonyl (C=O) groups excluding carboxylic acids is 1. The molecule has 0 bridgehead atoms. The first-order chi connectivity index (χ1) is 26.5. The number of allylic oxidation sites excluding steroid dienone is 2. The van der Waals surface area contributed by atoms with Gasteiger partial charge in [-0.3, -0.25) is 4.79 Å². The average Bonchev–Trinajstić information content (AvgIpc) is 3.16. The summed E-state index contributed by atoms with van der Waals surface area (Å²) in [4.78, 5) is 26.4. The summed E-state index contributed by atoms with van der Waals surface area (Å²) in [6, 6.07) is 0. The molecule has 0 aromatic carbocycles. The van der Waals surface area contributed by atoms with E-state index in [9.17, 15) is 55.5 Å². The van der Waals surface area contributed by atoms with Crippen LogP contribution in [0.3, 0.4) is 0 Å². The Morgan fingerprint density at radius 1 is 0.754 bits per heavy atom. The van der Waals surface area contributed by atoms with Gasteiger partial charge in [-0.05, 0) is 109 Å². The molecule has 4 saturated carbocycles. The minimum absolute atomic E-state index is 0.0390. The van der Waals surface area contributed by atoms with Crippen molar-refractivity contribution in [3.63, 3.8) is 0 Å². The van der Waals surface area contributed by atoms with Gasteiger partial charge in [-0.1, -0.05) is 53.2 Å². The van der Waals surface area contributed by atoms with E-state index >= 15 is 0 Å². The van der Waals surface area contributed by atoms with Crippen LogP contribution in [0.5, 0.6) is 0 Å². The third kappa shape index (κ3) is 6.39. The van der Waals surface area contributed by atoms with Gasteiger partial charge in [0, 0.05) is 6.61 Å². The molecule has 6 fully saturated rings. The number of carboxylic acids is 1. The number of hydrogen-bond donors (Lipinski definition) is 9. The number of aliphatic carboxylic acids is 1. The van der Waals surface area contributed by atoms with Gasteiger partial charge in [-0.25, -0.2) is 4.79 Å². The highest BCUT2D eigenvalue weighted by Gasteiger charge is 2.70. The lowest BCUT2D eigenvalue weighted by Crippen LogP contribution is -2.66. The molecule has 0 unspecified atom stereocenters. The van der Waals surface area contributed by atoms with Gasteiger partial charge < -0.3 is 64.9 Å². The number of carbonyl (C=O) groups is 2. The van der Waals surface area contributed by atoms with Crippen LogP contribution in [0.1, 0.15) is 106 Å². The largest absolute Gasteiger partial charge is 0.479 e. The van der Waals surface area contributed by atoms with Crippen molar-refractivity contribution in [1.82, 2.24) is 0 Å². The van der Waals surface area contributed by atoms with Crippen LogP contribution in [-0.4, -0.2) is 139 Å². The molecule has 5 aliphatic carbocycles. The quantitative estimate of drug-likeness (QED) is 0.100. The van der Waals surface area contributed by atoms with E-state index in [2.05, 4.69) is 47.6 Å². The zero-order valence-corrected chi connectivity index (χ0v) is 34.1. The standard InChI is InChI=1S/C42H66O15/c1-37(2)23-9-12-41(6)24(39(23,4)11-10-25(37)55-35-31(50)28(47)29(48)32(56-35)33(51)52)8-7-20-21-17-38(3,19-44)13-15-42(21,16-14-40(20,41)5)36(53)57-34-30(49)27(46)26(45)22(18-43)54-34/h7,21-32,34-35,43-50H,8-19H2,1-6H3,(H,51,52)/t21-,22+,23+,24+,25-,26+,27-,28-,29-,30+,31+,32-,34-,35+,38-,39-,40+,41+,42-/m0/s1. The third-order valence-electron chi connectivity index (χ3n) is 17.4. The van der Waals surface area contributed by atoms with Gasteiger partial charge >= 0.3 is 11.9 Å². The predicted octanol–water partition coefficient (Wildman–Crippen LogP) is 1.38. The van der Waals surface area contributed by atoms with E-state index in [4.69, 9.17) is 18.9 Å². The summed E-state index contributed by atoms with van der Waals surface area (Å²) in [5, 5.41) is 93.1. The molecular weight excluding hydrogens is 744 g/mol. The van der Waals surface area contributed by atoms with E-state index in [0.717, 1.165) is 25.7 Å². The molecule has 15 heteroatoms. The molecule has 0 spiro atoms. The van der Waals surface area contributed by atoms with Crippen molar-refractivity contribution in [2.24, 2.45) is 50.2 Å². The lowest BCUT2D eigenvalue weighted by atomic mass is 9.33. The van der Waals surface area contributed by atoms with Crippen molar-refractivity contribution >= 4 is 11.9 Å². The van der Waals surface area contributed by atoms with Gasteiger partial charge in [0.05, 0.1) is 18.1 Å². The number of aliphatic hydroxyl groups is 8. The second kappa shape index (κ2) is 14.7. The van der Waals surface area contributed by atoms with E-state index in [1.54, 1.807) is 0 Å². The molecule has 15 nitrogen and oxygen atoms in total. The summed E-state index contributed by atoms with van der Waals surface area (Å²) in [6.45, 7) is 12.8. The molecule has 0 aromatic heterocycles. The van der Waals surface area contributed by atoms with Crippen molar-refractivity contribution < 1.29 is 74.5 Å². The van der Waals surface area contributed by atoms with Crippen LogP contribution in [0.2, 0.25) is 0 Å². The number of carboxylic acid groups (broad SMARTS) is 1. The first kappa shape index (κ1) is 43.3. The van der Waals surface area contributed by atoms with E-state index in [1.807, 2.05) is 0 Å². The van der Waals surface area contributed by atoms with E-state index < -0.39 is 102 Å². The monoisotopic (exact) mass is 810 g/mol. The summed E-state index contributed by atoms with van der Waals surface area (Å²) < 4.78 is 23.5. The summed E-state index contributed by atoms with van der Waals surface area (Å²) in [5.74, 6) is -1.85. The SMILES string of the molecule is CC1(C)[C@@H](O[C@@H]2O[C@H](C(=O)O)[C@@H](O)[C@H](O)[C@H]2O)CC[C@@]2(C)[C@@H]1CC[C@]1(C)[C@@H]2CC=C2[C@@H]3C[C@@](C)(CO)CC[C@]3(C(=O)O[C@@H]3O[C@H](CO)[C@@H](O)[C@H](O)[C@H]3O)CC[C@]21C. The van der Waals surface area contributed by atoms with E-state index in [0.29, 0.717) is 38.5 Å². The lowest BCUT2D eigenvalue weighted by Gasteiger charge is -2.71. The minimum atomic E-state index is -1.80. The highest BCUT2D eigenvalue weighted by atomic mass is 16.7. The molecule has 0 aromatic rings. The molecule has 2 aliphatic heterocycles. The maximum atomic E-state index is 14.6. The molecule has 9 N–H and O–H groups in total. The number of hydrogen-bond acceptors (Lipinski definition) is 14. The molecule has 7 rings (SSSR count). The first-order valence-electron chi connectivity index (χ1n) is 21.0. The van der Waals surface area contributed by atoms with Crippen LogP contribution in [0.4, 0.5) is 0 Å². The number of fused-ring (bicyclic) bond motifs is 7. The Morgan fingerprint density at radius 2 is 1.40 bits per heavy atom. The first-order valence-corrected chi connectivity index (χ1v) is 21.0. The summed E-state index contributed by atoms with van der Waals surface area (Å²) in [7, 11) is 0. The predicted molar refractivity (Wildman–Crippen MR) is 200 cm³/mol. The van der Waals surface area contributed by atoms with Gasteiger partial charge in [-0.15, -0.1) is 0 Å². The summed E-state index contributed by atoms with van der Waals surface area (Å²) in [5.41, 5.74) is -1.28. The van der Waals surface area contributed by atoms with E-state index in [-0.39, 0.29) is 40.6 Å². The van der Waals surface area contributed by atoms with Crippen molar-refractivity contribution in [3.05, 3.63) is 11.6 Å². The van der Waals surface area contributed by atoms with Crippen molar-refractivity contribution in [1.29, 1.82) is 0 Å². The third-order valence-corrected chi connectivity index (χ3v) is 17.4. The molecule has 0 amide bonds. The van der Waals surface area contributed by atoms with Crippen molar-refractivity contribution in [3.8, 4) is 0 Å². The van der Waals surface area contributed by atoms with Gasteiger partial charge in [0.25, 0.3) is 0 Å². The van der Waals surface area contributed by atoms with Crippen LogP contribution in [-0.2, 0) is 28.5 Å². The van der Waals surface area contributed by atoms with E-state index in [1.165, 1.54) is 5.57 Å². The molecule has 0 radical (unpaired) electrons. The molecule has 57 heavy (non-hydrogen) atoms. The highest BCUT2D eigenvalue weighted by molar-refractivity contribution is 5.79. The molecule has 2 saturated heterocycles. The van der Waals surface area contributed by atoms with Gasteiger partial charge in [0.1, 0.15) is 42.7 Å². The fourth-order valence-electron chi connectivity index (χ4n) is 13.6. The smallest absolute Gasteiger partial charge is 0.335 e. The number of rotatable bonds is 7. The Kier molecular flexibility index (Phi) is 11.2. The zero-order chi connectivity index (χ0) is 41.8. The minimum Gasteiger partial charge on any atom is -0.479 e. The average molecular weight is 811 g/mol. The van der Waals surface area contributed by atoms with Crippen LogP contribution in [0.25, 0.3) is 0 Å². The Balaban J connectivity index is 1.17. The molecule has 2 heterocycles. The fourth-order valence-corrected chi connectivity index (χ4v) is 13.6. The lowest BCUT2D eigenvalue weighted by molar-refractivity contribution is -0.324. The Bertz CT molecular complexity index is 1590. The normalized spacial score (nSPS) is 53.3. The maximum Gasteiger partial charge on any atom is 0.335 e. The van der Waals surface area contributed by atoms with Gasteiger partial charge in [-0.2, -0.15) is 0 Å². The number of esters is 1. The zero-order valence-electron chi connectivity index (χ0n) is 34.1. The highest BCUT2D eigenvalue weighted by Crippen LogP contribution is 2.76. The van der Waals surface area contributed by atoms with Crippen LogP contribution >= 0.6 is 0 Å². The second-order valence-corrected chi connectivity index (χ2v) is 20.5. The summed E-state index contributed by atoms with van der Waals surface area (Å²) >= 11 is 0. The van der Waals surface area contributed by atoms with Crippen LogP contribution in [0.15, 0.2) is 11.6 Å². The van der Waals surface area contributed by atoms with Crippen molar-refractivity contribution in [2.45, 2.75) is 173 Å². The Morgan fingerprint density at radius 3 is 2.05 bits per heavy atom.